The molecule has 0 bridgehead atoms. The lowest BCUT2D eigenvalue weighted by atomic mass is 9.90. The average Bonchev–Trinajstić information content (AvgIpc) is 2.90. The van der Waals surface area contributed by atoms with E-state index in [1.165, 1.54) is 6.07 Å². The fraction of sp³-hybridized carbons (Fsp3) is 0.571. The number of halogens is 4. The Balaban J connectivity index is 2.26. The van der Waals surface area contributed by atoms with Crippen LogP contribution in [0.1, 0.15) is 42.9 Å². The SMILES string of the molecule is N[C@H](c1cc(C(F)(F)F)ccc1Cl)[C@@H](O)C1CCCC1. The zero-order chi connectivity index (χ0) is 14.9. The third-order valence-corrected chi connectivity index (χ3v) is 4.28. The molecule has 1 saturated carbocycles. The summed E-state index contributed by atoms with van der Waals surface area (Å²) >= 11 is 5.93. The van der Waals surface area contributed by atoms with Crippen molar-refractivity contribution in [1.82, 2.24) is 0 Å². The summed E-state index contributed by atoms with van der Waals surface area (Å²) in [4.78, 5) is 0. The van der Waals surface area contributed by atoms with Crippen LogP contribution in [-0.2, 0) is 6.18 Å². The number of nitrogens with two attached hydrogens (primary N) is 1. The molecule has 2 atom stereocenters. The molecule has 1 aromatic rings. The van der Waals surface area contributed by atoms with E-state index in [0.717, 1.165) is 37.8 Å². The highest BCUT2D eigenvalue weighted by Crippen LogP contribution is 2.37. The lowest BCUT2D eigenvalue weighted by Gasteiger charge is -2.25. The molecule has 1 fully saturated rings. The number of rotatable bonds is 3. The van der Waals surface area contributed by atoms with Gasteiger partial charge >= 0.3 is 6.18 Å². The summed E-state index contributed by atoms with van der Waals surface area (Å²) in [5.41, 5.74) is 5.28. The van der Waals surface area contributed by atoms with Gasteiger partial charge in [-0.1, -0.05) is 24.4 Å². The number of aliphatic hydroxyl groups excluding tert-OH is 1. The van der Waals surface area contributed by atoms with Crippen molar-refractivity contribution in [2.75, 3.05) is 0 Å². The predicted molar refractivity (Wildman–Crippen MR) is 71.3 cm³/mol. The third kappa shape index (κ3) is 3.27. The molecule has 0 heterocycles. The molecule has 1 aliphatic rings. The third-order valence-electron chi connectivity index (χ3n) is 3.93. The maximum atomic E-state index is 12.7. The molecule has 0 unspecified atom stereocenters. The highest BCUT2D eigenvalue weighted by Gasteiger charge is 2.34. The Labute approximate surface area is 120 Å². The number of alkyl halides is 3. The molecule has 112 valence electrons. The van der Waals surface area contributed by atoms with Crippen molar-refractivity contribution in [2.45, 2.75) is 44.0 Å². The largest absolute Gasteiger partial charge is 0.416 e. The van der Waals surface area contributed by atoms with Gasteiger partial charge in [-0.2, -0.15) is 13.2 Å². The fourth-order valence-corrected chi connectivity index (χ4v) is 3.00. The molecular formula is C14H17ClF3NO. The normalized spacial score (nSPS) is 20.1. The van der Waals surface area contributed by atoms with E-state index in [1.54, 1.807) is 0 Å². The Morgan fingerprint density at radius 3 is 2.40 bits per heavy atom. The number of benzene rings is 1. The molecule has 20 heavy (non-hydrogen) atoms. The van der Waals surface area contributed by atoms with Crippen LogP contribution in [0, 0.1) is 5.92 Å². The number of hydrogen-bond donors (Lipinski definition) is 2. The van der Waals surface area contributed by atoms with Gasteiger partial charge in [-0.05, 0) is 42.5 Å². The second-order valence-corrected chi connectivity index (χ2v) is 5.70. The van der Waals surface area contributed by atoms with E-state index in [2.05, 4.69) is 0 Å². The summed E-state index contributed by atoms with van der Waals surface area (Å²) < 4.78 is 38.2. The molecule has 0 amide bonds. The Morgan fingerprint density at radius 2 is 1.85 bits per heavy atom. The molecule has 0 saturated heterocycles. The van der Waals surface area contributed by atoms with Crippen molar-refractivity contribution in [3.05, 3.63) is 34.3 Å². The van der Waals surface area contributed by atoms with E-state index >= 15 is 0 Å². The van der Waals surface area contributed by atoms with Crippen LogP contribution in [0.2, 0.25) is 5.02 Å². The zero-order valence-electron chi connectivity index (χ0n) is 10.8. The standard InChI is InChI=1S/C14H17ClF3NO/c15-11-6-5-9(14(16,17)18)7-10(11)12(19)13(20)8-3-1-2-4-8/h5-8,12-13,20H,1-4,19H2/t12-,13+/m1/s1. The molecule has 2 nitrogen and oxygen atoms in total. The Morgan fingerprint density at radius 1 is 1.25 bits per heavy atom. The topological polar surface area (TPSA) is 46.2 Å². The minimum atomic E-state index is -4.45. The quantitative estimate of drug-likeness (QED) is 0.889. The summed E-state index contributed by atoms with van der Waals surface area (Å²) in [6.45, 7) is 0. The van der Waals surface area contributed by atoms with Crippen molar-refractivity contribution in [2.24, 2.45) is 11.7 Å². The van der Waals surface area contributed by atoms with Gasteiger partial charge in [-0.15, -0.1) is 0 Å². The minimum absolute atomic E-state index is 0.0376. The summed E-state index contributed by atoms with van der Waals surface area (Å²) in [7, 11) is 0. The highest BCUT2D eigenvalue weighted by molar-refractivity contribution is 6.31. The van der Waals surface area contributed by atoms with E-state index in [-0.39, 0.29) is 16.5 Å². The monoisotopic (exact) mass is 307 g/mol. The van der Waals surface area contributed by atoms with Crippen molar-refractivity contribution in [3.8, 4) is 0 Å². The van der Waals surface area contributed by atoms with Gasteiger partial charge in [0.2, 0.25) is 0 Å². The maximum Gasteiger partial charge on any atom is 0.416 e. The Kier molecular flexibility index (Phi) is 4.62. The molecule has 0 radical (unpaired) electrons. The van der Waals surface area contributed by atoms with Crippen LogP contribution in [0.5, 0.6) is 0 Å². The smallest absolute Gasteiger partial charge is 0.391 e. The van der Waals surface area contributed by atoms with Gasteiger partial charge in [0.05, 0.1) is 17.7 Å². The molecule has 0 aromatic heterocycles. The van der Waals surface area contributed by atoms with Crippen LogP contribution in [0.4, 0.5) is 13.2 Å². The first-order valence-corrected chi connectivity index (χ1v) is 6.99. The first-order chi connectivity index (χ1) is 9.30. The minimum Gasteiger partial charge on any atom is -0.391 e. The summed E-state index contributed by atoms with van der Waals surface area (Å²) in [6, 6.07) is 2.14. The first kappa shape index (κ1) is 15.6. The van der Waals surface area contributed by atoms with Crippen molar-refractivity contribution in [1.29, 1.82) is 0 Å². The van der Waals surface area contributed by atoms with Gasteiger partial charge in [0.1, 0.15) is 0 Å². The summed E-state index contributed by atoms with van der Waals surface area (Å²) in [5.74, 6) is 0.0376. The van der Waals surface area contributed by atoms with Crippen molar-refractivity contribution in [3.63, 3.8) is 0 Å². The van der Waals surface area contributed by atoms with Crippen LogP contribution in [0.15, 0.2) is 18.2 Å². The van der Waals surface area contributed by atoms with Gasteiger partial charge in [0.25, 0.3) is 0 Å². The maximum absolute atomic E-state index is 12.7. The lowest BCUT2D eigenvalue weighted by molar-refractivity contribution is -0.137. The molecule has 2 rings (SSSR count). The van der Waals surface area contributed by atoms with E-state index in [0.29, 0.717) is 0 Å². The molecule has 0 spiro atoms. The molecule has 3 N–H and O–H groups in total. The van der Waals surface area contributed by atoms with Gasteiger partial charge in [-0.25, -0.2) is 0 Å². The summed E-state index contributed by atoms with van der Waals surface area (Å²) in [6.07, 6.45) is -1.57. The second kappa shape index (κ2) is 5.92. The van der Waals surface area contributed by atoms with Gasteiger partial charge in [-0.3, -0.25) is 0 Å². The van der Waals surface area contributed by atoms with Crippen LogP contribution >= 0.6 is 11.6 Å². The van der Waals surface area contributed by atoms with Crippen molar-refractivity contribution >= 4 is 11.6 Å². The van der Waals surface area contributed by atoms with Crippen LogP contribution < -0.4 is 5.73 Å². The van der Waals surface area contributed by atoms with E-state index in [1.807, 2.05) is 0 Å². The van der Waals surface area contributed by atoms with Gasteiger partial charge in [0, 0.05) is 5.02 Å². The van der Waals surface area contributed by atoms with Crippen molar-refractivity contribution < 1.29 is 18.3 Å². The van der Waals surface area contributed by atoms with Crippen LogP contribution in [0.25, 0.3) is 0 Å². The van der Waals surface area contributed by atoms with Crippen LogP contribution in [-0.4, -0.2) is 11.2 Å². The van der Waals surface area contributed by atoms with Crippen LogP contribution in [0.3, 0.4) is 0 Å². The highest BCUT2D eigenvalue weighted by atomic mass is 35.5. The predicted octanol–water partition coefficient (Wildman–Crippen LogP) is 3.91. The van der Waals surface area contributed by atoms with E-state index in [9.17, 15) is 18.3 Å². The lowest BCUT2D eigenvalue weighted by Crippen LogP contribution is -2.32. The molecular weight excluding hydrogens is 291 g/mol. The van der Waals surface area contributed by atoms with E-state index in [4.69, 9.17) is 17.3 Å². The number of aliphatic hydroxyl groups is 1. The first-order valence-electron chi connectivity index (χ1n) is 6.61. The Bertz CT molecular complexity index is 472. The average molecular weight is 308 g/mol. The Hall–Kier alpha value is -0.780. The molecule has 0 aliphatic heterocycles. The number of hydrogen-bond acceptors (Lipinski definition) is 2. The van der Waals surface area contributed by atoms with Gasteiger partial charge < -0.3 is 10.8 Å². The van der Waals surface area contributed by atoms with Gasteiger partial charge in [0.15, 0.2) is 0 Å². The molecule has 1 aromatic carbocycles. The fourth-order valence-electron chi connectivity index (χ4n) is 2.75. The molecule has 6 heteroatoms. The van der Waals surface area contributed by atoms with E-state index < -0.39 is 23.9 Å². The summed E-state index contributed by atoms with van der Waals surface area (Å²) in [5, 5.41) is 10.4. The zero-order valence-corrected chi connectivity index (χ0v) is 11.6. The second-order valence-electron chi connectivity index (χ2n) is 5.29. The molecule has 1 aliphatic carbocycles.